The molecule has 1 aliphatic rings. The van der Waals surface area contributed by atoms with Crippen LogP contribution >= 0.6 is 11.6 Å². The maximum atomic E-state index is 12.6. The van der Waals surface area contributed by atoms with Gasteiger partial charge < -0.3 is 10.2 Å². The first-order valence-corrected chi connectivity index (χ1v) is 9.70. The number of piperidine rings is 1. The molecule has 27 heavy (non-hydrogen) atoms. The van der Waals surface area contributed by atoms with Gasteiger partial charge in [0.15, 0.2) is 0 Å². The third-order valence-corrected chi connectivity index (χ3v) is 5.23. The zero-order valence-corrected chi connectivity index (χ0v) is 16.6. The number of aryl methyl sites for hydroxylation is 2. The molecule has 3 rings (SSSR count). The third-order valence-electron chi connectivity index (χ3n) is 4.98. The van der Waals surface area contributed by atoms with Crippen LogP contribution in [0.2, 0.25) is 5.02 Å². The van der Waals surface area contributed by atoms with E-state index in [-0.39, 0.29) is 17.7 Å². The van der Waals surface area contributed by atoms with Crippen molar-refractivity contribution in [3.63, 3.8) is 0 Å². The standard InChI is InChI=1S/C22H25ClN2O2/c1-15-11-16(2)13-20(12-15)24-22(27)18-7-9-25(10-8-18)21(26)14-17-3-5-19(23)6-4-17/h3-6,11-13,18H,7-10,14H2,1-2H3,(H,24,27). The van der Waals surface area contributed by atoms with Crippen molar-refractivity contribution in [2.45, 2.75) is 33.1 Å². The molecule has 2 amide bonds. The molecule has 0 atom stereocenters. The lowest BCUT2D eigenvalue weighted by molar-refractivity contribution is -0.133. The molecule has 0 spiro atoms. The van der Waals surface area contributed by atoms with Gasteiger partial charge in [0.25, 0.3) is 0 Å². The minimum absolute atomic E-state index is 0.0461. The maximum absolute atomic E-state index is 12.6. The van der Waals surface area contributed by atoms with Crippen LogP contribution in [-0.4, -0.2) is 29.8 Å². The molecule has 2 aromatic rings. The summed E-state index contributed by atoms with van der Waals surface area (Å²) in [6.45, 7) is 5.29. The Labute approximate surface area is 165 Å². The summed E-state index contributed by atoms with van der Waals surface area (Å²) >= 11 is 5.88. The Balaban J connectivity index is 1.51. The summed E-state index contributed by atoms with van der Waals surface area (Å²) in [6, 6.07) is 13.4. The van der Waals surface area contributed by atoms with Crippen LogP contribution in [0.3, 0.4) is 0 Å². The number of amides is 2. The number of nitrogens with zero attached hydrogens (tertiary/aromatic N) is 1. The van der Waals surface area contributed by atoms with Crippen molar-refractivity contribution in [3.8, 4) is 0 Å². The molecule has 5 heteroatoms. The van der Waals surface area contributed by atoms with E-state index in [2.05, 4.69) is 11.4 Å². The summed E-state index contributed by atoms with van der Waals surface area (Å²) < 4.78 is 0. The van der Waals surface area contributed by atoms with Crippen molar-refractivity contribution in [1.29, 1.82) is 0 Å². The van der Waals surface area contributed by atoms with Crippen LogP contribution in [-0.2, 0) is 16.0 Å². The number of hydrogen-bond acceptors (Lipinski definition) is 2. The first-order chi connectivity index (χ1) is 12.9. The number of nitrogens with one attached hydrogen (secondary N) is 1. The predicted molar refractivity (Wildman–Crippen MR) is 109 cm³/mol. The Hall–Kier alpha value is -2.33. The van der Waals surface area contributed by atoms with E-state index in [0.717, 1.165) is 22.4 Å². The Morgan fingerprint density at radius 1 is 1.04 bits per heavy atom. The lowest BCUT2D eigenvalue weighted by atomic mass is 9.95. The first kappa shape index (κ1) is 19.4. The number of rotatable bonds is 4. The van der Waals surface area contributed by atoms with Gasteiger partial charge in [-0.25, -0.2) is 0 Å². The SMILES string of the molecule is Cc1cc(C)cc(NC(=O)C2CCN(C(=O)Cc3ccc(Cl)cc3)CC2)c1. The van der Waals surface area contributed by atoms with E-state index in [1.54, 1.807) is 12.1 Å². The molecular formula is C22H25ClN2O2. The number of halogens is 1. The molecule has 0 radical (unpaired) electrons. The van der Waals surface area contributed by atoms with Crippen LogP contribution in [0.4, 0.5) is 5.69 Å². The molecule has 0 saturated carbocycles. The van der Waals surface area contributed by atoms with Crippen LogP contribution < -0.4 is 5.32 Å². The highest BCUT2D eigenvalue weighted by atomic mass is 35.5. The number of carbonyl (C=O) groups is 2. The first-order valence-electron chi connectivity index (χ1n) is 9.32. The monoisotopic (exact) mass is 384 g/mol. The van der Waals surface area contributed by atoms with E-state index in [9.17, 15) is 9.59 Å². The normalized spacial score (nSPS) is 14.9. The highest BCUT2D eigenvalue weighted by Gasteiger charge is 2.27. The van der Waals surface area contributed by atoms with Crippen LogP contribution in [0.1, 0.15) is 29.5 Å². The molecule has 1 heterocycles. The van der Waals surface area contributed by atoms with Gasteiger partial charge >= 0.3 is 0 Å². The van der Waals surface area contributed by atoms with Crippen molar-refractivity contribution in [2.75, 3.05) is 18.4 Å². The number of anilines is 1. The smallest absolute Gasteiger partial charge is 0.227 e. The minimum atomic E-state index is -0.0506. The molecule has 1 N–H and O–H groups in total. The molecule has 0 unspecified atom stereocenters. The summed E-state index contributed by atoms with van der Waals surface area (Å²) in [6.07, 6.45) is 1.77. The Kier molecular flexibility index (Phi) is 6.17. The molecule has 0 bridgehead atoms. The molecule has 0 aromatic heterocycles. The average Bonchev–Trinajstić information content (AvgIpc) is 2.63. The Morgan fingerprint density at radius 3 is 2.22 bits per heavy atom. The van der Waals surface area contributed by atoms with Gasteiger partial charge in [-0.1, -0.05) is 29.8 Å². The van der Waals surface area contributed by atoms with Gasteiger partial charge in [0.05, 0.1) is 6.42 Å². The molecule has 1 saturated heterocycles. The Bertz CT molecular complexity index is 804. The van der Waals surface area contributed by atoms with E-state index in [4.69, 9.17) is 11.6 Å². The van der Waals surface area contributed by atoms with E-state index >= 15 is 0 Å². The molecule has 142 valence electrons. The van der Waals surface area contributed by atoms with Crippen molar-refractivity contribution in [3.05, 3.63) is 64.2 Å². The highest BCUT2D eigenvalue weighted by Crippen LogP contribution is 2.21. The van der Waals surface area contributed by atoms with Gasteiger partial charge in [-0.15, -0.1) is 0 Å². The molecule has 1 aliphatic heterocycles. The van der Waals surface area contributed by atoms with Gasteiger partial charge in [-0.3, -0.25) is 9.59 Å². The van der Waals surface area contributed by atoms with Gasteiger partial charge in [0, 0.05) is 29.7 Å². The molecule has 4 nitrogen and oxygen atoms in total. The van der Waals surface area contributed by atoms with Crippen molar-refractivity contribution in [2.24, 2.45) is 5.92 Å². The number of likely N-dealkylation sites (tertiary alicyclic amines) is 1. The third kappa shape index (κ3) is 5.33. The fourth-order valence-corrected chi connectivity index (χ4v) is 3.70. The maximum Gasteiger partial charge on any atom is 0.227 e. The fraction of sp³-hybridized carbons (Fsp3) is 0.364. The summed E-state index contributed by atoms with van der Waals surface area (Å²) in [4.78, 5) is 26.9. The van der Waals surface area contributed by atoms with E-state index in [0.29, 0.717) is 37.4 Å². The molecule has 1 fully saturated rings. The van der Waals surface area contributed by atoms with Crippen molar-refractivity contribution >= 4 is 29.1 Å². The average molecular weight is 385 g/mol. The topological polar surface area (TPSA) is 49.4 Å². The van der Waals surface area contributed by atoms with Crippen LogP contribution in [0, 0.1) is 19.8 Å². The quantitative estimate of drug-likeness (QED) is 0.850. The number of benzene rings is 2. The number of carbonyl (C=O) groups excluding carboxylic acids is 2. The highest BCUT2D eigenvalue weighted by molar-refractivity contribution is 6.30. The van der Waals surface area contributed by atoms with Crippen LogP contribution in [0.5, 0.6) is 0 Å². The summed E-state index contributed by atoms with van der Waals surface area (Å²) in [5.74, 6) is 0.0979. The van der Waals surface area contributed by atoms with Gasteiger partial charge in [0.2, 0.25) is 11.8 Å². The second kappa shape index (κ2) is 8.57. The summed E-state index contributed by atoms with van der Waals surface area (Å²) in [7, 11) is 0. The van der Waals surface area contributed by atoms with Crippen LogP contribution in [0.15, 0.2) is 42.5 Å². The Morgan fingerprint density at radius 2 is 1.63 bits per heavy atom. The van der Waals surface area contributed by atoms with E-state index in [1.807, 2.05) is 43.0 Å². The second-order valence-electron chi connectivity index (χ2n) is 7.32. The van der Waals surface area contributed by atoms with E-state index in [1.165, 1.54) is 0 Å². The molecule has 2 aromatic carbocycles. The molecule has 0 aliphatic carbocycles. The molecular weight excluding hydrogens is 360 g/mol. The summed E-state index contributed by atoms with van der Waals surface area (Å²) in [5, 5.41) is 3.70. The van der Waals surface area contributed by atoms with Crippen molar-refractivity contribution in [1.82, 2.24) is 4.90 Å². The second-order valence-corrected chi connectivity index (χ2v) is 7.76. The van der Waals surface area contributed by atoms with Gasteiger partial charge in [-0.2, -0.15) is 0 Å². The summed E-state index contributed by atoms with van der Waals surface area (Å²) in [5.41, 5.74) is 4.07. The largest absolute Gasteiger partial charge is 0.342 e. The predicted octanol–water partition coefficient (Wildman–Crippen LogP) is 4.38. The lowest BCUT2D eigenvalue weighted by Gasteiger charge is -2.31. The fourth-order valence-electron chi connectivity index (χ4n) is 3.57. The van der Waals surface area contributed by atoms with Gasteiger partial charge in [0.1, 0.15) is 0 Å². The number of hydrogen-bond donors (Lipinski definition) is 1. The van der Waals surface area contributed by atoms with E-state index < -0.39 is 0 Å². The zero-order valence-electron chi connectivity index (χ0n) is 15.8. The zero-order chi connectivity index (χ0) is 19.4. The lowest BCUT2D eigenvalue weighted by Crippen LogP contribution is -2.42. The van der Waals surface area contributed by atoms with Crippen LogP contribution in [0.25, 0.3) is 0 Å². The minimum Gasteiger partial charge on any atom is -0.342 e. The van der Waals surface area contributed by atoms with Gasteiger partial charge in [-0.05, 0) is 67.6 Å². The van der Waals surface area contributed by atoms with Crippen molar-refractivity contribution < 1.29 is 9.59 Å².